The first-order valence-electron chi connectivity index (χ1n) is 24.3. The molecule has 0 aromatic heterocycles. The molecule has 0 saturated carbocycles. The standard InChI is InChI=1S/C52H82N6O10/c1-15-34(8)45(56(11)50(62)43(32(4)5)55-49(61)44(33(6)7)57(12)52(64)67-30-37-23-18-16-19-24-37)40(65-13)29-41(59)58-28-22-27-39(58)46(66-14)35(9)48(60)54-36(10)47(38-25-20-17-21-26-38)68-51(63)42(53)31(2)3/h16-21,23-26,31-36,39-40,42-47H,15,22,27-30,53H2,1-14H3,(H,54,60)(H,55,61)/t34-,35+,36+,39-,40+,42-,43-,44-,45-,46+,47+/m0/s1. The first kappa shape index (κ1) is 57.3. The number of likely N-dealkylation sites (tertiary alicyclic amines) is 1. The van der Waals surface area contributed by atoms with Gasteiger partial charge >= 0.3 is 12.1 Å². The van der Waals surface area contributed by atoms with Gasteiger partial charge in [0, 0.05) is 34.9 Å². The van der Waals surface area contributed by atoms with Crippen molar-refractivity contribution < 1.29 is 47.7 Å². The van der Waals surface area contributed by atoms with Crippen LogP contribution >= 0.6 is 0 Å². The third kappa shape index (κ3) is 15.2. The zero-order valence-corrected chi connectivity index (χ0v) is 43.1. The third-order valence-electron chi connectivity index (χ3n) is 13.5. The molecule has 0 aliphatic carbocycles. The molecular formula is C52H82N6O10. The molecule has 5 amide bonds. The van der Waals surface area contributed by atoms with Crippen LogP contribution in [0.1, 0.15) is 112 Å². The quantitative estimate of drug-likeness (QED) is 0.0971. The van der Waals surface area contributed by atoms with Crippen molar-refractivity contribution in [2.45, 2.75) is 156 Å². The molecule has 4 N–H and O–H groups in total. The lowest BCUT2D eigenvalue weighted by Crippen LogP contribution is -2.60. The summed E-state index contributed by atoms with van der Waals surface area (Å²) in [4.78, 5) is 88.0. The van der Waals surface area contributed by atoms with Gasteiger partial charge in [-0.2, -0.15) is 0 Å². The van der Waals surface area contributed by atoms with Crippen LogP contribution in [0.3, 0.4) is 0 Å². The number of methoxy groups -OCH3 is 2. The number of ether oxygens (including phenoxy) is 4. The molecule has 0 bridgehead atoms. The van der Waals surface area contributed by atoms with E-state index in [0.717, 1.165) is 5.56 Å². The number of nitrogens with two attached hydrogens (primary N) is 1. The predicted octanol–water partition coefficient (Wildman–Crippen LogP) is 6.11. The van der Waals surface area contributed by atoms with Gasteiger partial charge in [0.2, 0.25) is 23.6 Å². The van der Waals surface area contributed by atoms with E-state index in [9.17, 15) is 28.8 Å². The first-order valence-corrected chi connectivity index (χ1v) is 24.3. The summed E-state index contributed by atoms with van der Waals surface area (Å²) in [7, 11) is 6.24. The van der Waals surface area contributed by atoms with Gasteiger partial charge in [-0.05, 0) is 54.6 Å². The Morgan fingerprint density at radius 1 is 0.779 bits per heavy atom. The molecule has 0 radical (unpaired) electrons. The Balaban J connectivity index is 1.78. The summed E-state index contributed by atoms with van der Waals surface area (Å²) in [6, 6.07) is 14.1. The summed E-state index contributed by atoms with van der Waals surface area (Å²) < 4.78 is 23.6. The van der Waals surface area contributed by atoms with E-state index in [1.165, 1.54) is 26.2 Å². The van der Waals surface area contributed by atoms with Crippen molar-refractivity contribution in [1.29, 1.82) is 0 Å². The number of amides is 5. The van der Waals surface area contributed by atoms with Crippen molar-refractivity contribution in [3.05, 3.63) is 71.8 Å². The monoisotopic (exact) mass is 951 g/mol. The second-order valence-electron chi connectivity index (χ2n) is 19.5. The highest BCUT2D eigenvalue weighted by atomic mass is 16.6. The zero-order chi connectivity index (χ0) is 51.0. The number of benzene rings is 2. The van der Waals surface area contributed by atoms with Crippen molar-refractivity contribution >= 4 is 35.7 Å². The van der Waals surface area contributed by atoms with Gasteiger partial charge in [-0.15, -0.1) is 0 Å². The molecule has 1 saturated heterocycles. The van der Waals surface area contributed by atoms with Gasteiger partial charge in [-0.1, -0.05) is 129 Å². The number of nitrogens with one attached hydrogen (secondary N) is 2. The van der Waals surface area contributed by atoms with Crippen LogP contribution in [0.5, 0.6) is 0 Å². The third-order valence-corrected chi connectivity index (χ3v) is 13.5. The molecule has 16 nitrogen and oxygen atoms in total. The SMILES string of the molecule is CC[C@H](C)[C@@H]([C@@H](CC(=O)N1CCC[C@H]1[C@H](OC)[C@@H](C)C(=O)N[C@H](C)[C@@H](OC(=O)[C@@H](N)C(C)C)c1ccccc1)OC)N(C)C(=O)[C@@H](NC(=O)[C@H](C(C)C)N(C)C(=O)OCc1ccccc1)C(C)C. The molecule has 380 valence electrons. The van der Waals surface area contributed by atoms with E-state index in [2.05, 4.69) is 10.6 Å². The van der Waals surface area contributed by atoms with Gasteiger partial charge in [0.1, 0.15) is 30.8 Å². The van der Waals surface area contributed by atoms with E-state index in [-0.39, 0.29) is 54.4 Å². The highest BCUT2D eigenvalue weighted by molar-refractivity contribution is 5.92. The Bertz CT molecular complexity index is 1920. The molecular weight excluding hydrogens is 869 g/mol. The van der Waals surface area contributed by atoms with Gasteiger partial charge in [0.15, 0.2) is 0 Å². The summed E-state index contributed by atoms with van der Waals surface area (Å²) in [5.41, 5.74) is 7.65. The number of esters is 1. The van der Waals surface area contributed by atoms with Crippen LogP contribution in [0.25, 0.3) is 0 Å². The van der Waals surface area contributed by atoms with Crippen molar-refractivity contribution in [3.8, 4) is 0 Å². The minimum absolute atomic E-state index is 0.0435. The molecule has 1 aliphatic heterocycles. The number of rotatable bonds is 25. The van der Waals surface area contributed by atoms with Crippen molar-refractivity contribution in [2.75, 3.05) is 34.9 Å². The lowest BCUT2D eigenvalue weighted by Gasteiger charge is -2.41. The van der Waals surface area contributed by atoms with Crippen molar-refractivity contribution in [2.24, 2.45) is 35.3 Å². The average Bonchev–Trinajstić information content (AvgIpc) is 3.80. The lowest BCUT2D eigenvalue weighted by molar-refractivity contribution is -0.155. The molecule has 16 heteroatoms. The van der Waals surface area contributed by atoms with Gasteiger partial charge < -0.3 is 45.1 Å². The highest BCUT2D eigenvalue weighted by Gasteiger charge is 2.44. The summed E-state index contributed by atoms with van der Waals surface area (Å²) in [5, 5.41) is 6.01. The minimum Gasteiger partial charge on any atom is -0.454 e. The lowest BCUT2D eigenvalue weighted by atomic mass is 9.89. The van der Waals surface area contributed by atoms with Crippen LogP contribution in [0.15, 0.2) is 60.7 Å². The predicted molar refractivity (Wildman–Crippen MR) is 262 cm³/mol. The molecule has 68 heavy (non-hydrogen) atoms. The van der Waals surface area contributed by atoms with Crippen molar-refractivity contribution in [1.82, 2.24) is 25.3 Å². The fourth-order valence-corrected chi connectivity index (χ4v) is 9.15. The fourth-order valence-electron chi connectivity index (χ4n) is 9.15. The molecule has 0 unspecified atom stereocenters. The summed E-state index contributed by atoms with van der Waals surface area (Å²) >= 11 is 0. The van der Waals surface area contributed by atoms with Gasteiger partial charge in [-0.3, -0.25) is 28.9 Å². The van der Waals surface area contributed by atoms with Gasteiger partial charge in [-0.25, -0.2) is 4.79 Å². The first-order chi connectivity index (χ1) is 32.1. The molecule has 1 heterocycles. The Morgan fingerprint density at radius 3 is 1.91 bits per heavy atom. The molecule has 1 aliphatic rings. The van der Waals surface area contributed by atoms with E-state index in [4.69, 9.17) is 24.7 Å². The highest BCUT2D eigenvalue weighted by Crippen LogP contribution is 2.31. The zero-order valence-electron chi connectivity index (χ0n) is 43.1. The molecule has 3 rings (SSSR count). The topological polar surface area (TPSA) is 199 Å². The van der Waals surface area contributed by atoms with Crippen LogP contribution in [-0.2, 0) is 49.5 Å². The molecule has 2 aromatic carbocycles. The fraction of sp³-hybridized carbons (Fsp3) is 0.654. The molecule has 1 fully saturated rings. The second kappa shape index (κ2) is 27.2. The van der Waals surface area contributed by atoms with Crippen LogP contribution in [0.4, 0.5) is 4.79 Å². The number of hydrogen-bond acceptors (Lipinski definition) is 11. The Labute approximate surface area is 405 Å². The summed E-state index contributed by atoms with van der Waals surface area (Å²) in [5.74, 6) is -3.57. The maximum absolute atomic E-state index is 14.6. The van der Waals surface area contributed by atoms with E-state index in [1.54, 1.807) is 30.7 Å². The Hall–Kier alpha value is -5.06. The van der Waals surface area contributed by atoms with Crippen LogP contribution in [-0.4, -0.2) is 134 Å². The van der Waals surface area contributed by atoms with E-state index in [0.29, 0.717) is 31.4 Å². The van der Waals surface area contributed by atoms with Crippen molar-refractivity contribution in [3.63, 3.8) is 0 Å². The maximum atomic E-state index is 14.6. The largest absolute Gasteiger partial charge is 0.454 e. The normalized spacial score (nSPS) is 18.3. The van der Waals surface area contributed by atoms with Gasteiger partial charge in [0.05, 0.1) is 42.7 Å². The Morgan fingerprint density at radius 2 is 1.38 bits per heavy atom. The molecule has 0 spiro atoms. The van der Waals surface area contributed by atoms with E-state index < -0.39 is 78.5 Å². The number of likely N-dealkylation sites (N-methyl/N-ethyl adjacent to an activating group) is 2. The number of carbonyl (C=O) groups is 6. The summed E-state index contributed by atoms with van der Waals surface area (Å²) in [6.07, 6.45) is -0.968. The molecule has 11 atom stereocenters. The Kier molecular flexibility index (Phi) is 22.9. The number of carbonyl (C=O) groups excluding carboxylic acids is 6. The maximum Gasteiger partial charge on any atom is 0.410 e. The smallest absolute Gasteiger partial charge is 0.410 e. The van der Waals surface area contributed by atoms with Crippen LogP contribution in [0.2, 0.25) is 0 Å². The number of nitrogens with zero attached hydrogens (tertiary/aromatic N) is 3. The molecule has 2 aromatic rings. The van der Waals surface area contributed by atoms with Gasteiger partial charge in [0.25, 0.3) is 0 Å². The van der Waals surface area contributed by atoms with E-state index >= 15 is 0 Å². The minimum atomic E-state index is -0.962. The second-order valence-corrected chi connectivity index (χ2v) is 19.5. The van der Waals surface area contributed by atoms with E-state index in [1.807, 2.05) is 116 Å². The van der Waals surface area contributed by atoms with Crippen LogP contribution in [0, 0.1) is 29.6 Å². The van der Waals surface area contributed by atoms with Crippen LogP contribution < -0.4 is 16.4 Å². The number of hydrogen-bond donors (Lipinski definition) is 3. The summed E-state index contributed by atoms with van der Waals surface area (Å²) in [6.45, 7) is 19.0. The average molecular weight is 951 g/mol.